The topological polar surface area (TPSA) is 113 Å². The Hall–Kier alpha value is -3.81. The van der Waals surface area contributed by atoms with Crippen molar-refractivity contribution in [1.29, 1.82) is 0 Å². The Labute approximate surface area is 191 Å². The normalized spacial score (nSPS) is 20.8. The molecule has 33 heavy (non-hydrogen) atoms. The maximum absolute atomic E-state index is 13.8. The predicted molar refractivity (Wildman–Crippen MR) is 120 cm³/mol. The number of ether oxygens (including phenoxy) is 2. The predicted octanol–water partition coefficient (Wildman–Crippen LogP) is 4.16. The second kappa shape index (κ2) is 8.97. The molecule has 0 radical (unpaired) electrons. The highest BCUT2D eigenvalue weighted by molar-refractivity contribution is 6.18. The first kappa shape index (κ1) is 23.8. The van der Waals surface area contributed by atoms with E-state index in [2.05, 4.69) is 0 Å². The molecule has 0 aromatic heterocycles. The Morgan fingerprint density at radius 3 is 2.18 bits per heavy atom. The molecule has 172 valence electrons. The summed E-state index contributed by atoms with van der Waals surface area (Å²) >= 11 is 0. The Morgan fingerprint density at radius 1 is 1.06 bits per heavy atom. The van der Waals surface area contributed by atoms with E-state index in [4.69, 9.17) is 9.47 Å². The zero-order chi connectivity index (χ0) is 24.4. The van der Waals surface area contributed by atoms with Crippen LogP contribution in [0.2, 0.25) is 0 Å². The van der Waals surface area contributed by atoms with Gasteiger partial charge in [0.2, 0.25) is 0 Å². The van der Waals surface area contributed by atoms with Crippen LogP contribution in [0.15, 0.2) is 54.6 Å². The van der Waals surface area contributed by atoms with E-state index in [1.807, 2.05) is 6.92 Å². The van der Waals surface area contributed by atoms with Crippen molar-refractivity contribution in [3.8, 4) is 0 Å². The fourth-order valence-electron chi connectivity index (χ4n) is 4.79. The summed E-state index contributed by atoms with van der Waals surface area (Å²) in [7, 11) is 2.31. The van der Waals surface area contributed by atoms with Gasteiger partial charge in [-0.1, -0.05) is 61.0 Å². The molecule has 2 aromatic carbocycles. The highest BCUT2D eigenvalue weighted by Crippen LogP contribution is 2.74. The molecule has 8 heteroatoms. The van der Waals surface area contributed by atoms with Crippen LogP contribution in [0.25, 0.3) is 6.08 Å². The largest absolute Gasteiger partial charge is 0.468 e. The maximum atomic E-state index is 13.8. The number of methoxy groups -OCH3 is 2. The Morgan fingerprint density at radius 2 is 1.67 bits per heavy atom. The molecular formula is C25H25NO7. The van der Waals surface area contributed by atoms with Crippen LogP contribution in [0.3, 0.4) is 0 Å². The summed E-state index contributed by atoms with van der Waals surface area (Å²) in [5.41, 5.74) is -1.55. The van der Waals surface area contributed by atoms with Gasteiger partial charge in [0.05, 0.1) is 24.6 Å². The second-order valence-corrected chi connectivity index (χ2v) is 8.00. The molecule has 1 aliphatic carbocycles. The number of benzene rings is 2. The molecule has 0 spiro atoms. The number of hydrogen-bond acceptors (Lipinski definition) is 7. The van der Waals surface area contributed by atoms with Crippen molar-refractivity contribution >= 4 is 29.5 Å². The van der Waals surface area contributed by atoms with E-state index < -0.39 is 33.6 Å². The van der Waals surface area contributed by atoms with Gasteiger partial charge in [-0.3, -0.25) is 24.5 Å². The number of nitrogens with zero attached hydrogens (tertiary/aromatic N) is 1. The van der Waals surface area contributed by atoms with Crippen molar-refractivity contribution in [3.05, 3.63) is 81.4 Å². The Balaban J connectivity index is 2.15. The molecule has 2 atom stereocenters. The molecule has 1 fully saturated rings. The summed E-state index contributed by atoms with van der Waals surface area (Å²) in [6.07, 6.45) is 3.31. The molecule has 0 N–H and O–H groups in total. The average Bonchev–Trinajstić information content (AvgIpc) is 3.45. The summed E-state index contributed by atoms with van der Waals surface area (Å²) in [6, 6.07) is 12.8. The molecule has 8 nitrogen and oxygen atoms in total. The van der Waals surface area contributed by atoms with E-state index in [9.17, 15) is 24.5 Å². The average molecular weight is 451 g/mol. The van der Waals surface area contributed by atoms with Crippen molar-refractivity contribution in [1.82, 2.24) is 0 Å². The summed E-state index contributed by atoms with van der Waals surface area (Å²) in [5.74, 6) is -2.94. The Kier molecular flexibility index (Phi) is 6.48. The molecule has 0 saturated heterocycles. The molecule has 0 bridgehead atoms. The summed E-state index contributed by atoms with van der Waals surface area (Å²) < 4.78 is 9.96. The quantitative estimate of drug-likeness (QED) is 0.195. The molecule has 3 rings (SSSR count). The number of Topliss-reactive ketones (excluding diaryl/α,β-unsaturated/α-hetero) is 1. The van der Waals surface area contributed by atoms with Crippen molar-refractivity contribution < 1.29 is 28.8 Å². The SMILES string of the molecule is CCC1(C(=O)c2ccc(C)cc2)C(/C=C/c2cccc([N+](=O)[O-])c2)C1(C(=O)OC)C(=O)OC. The van der Waals surface area contributed by atoms with E-state index in [1.54, 1.807) is 49.4 Å². The molecular weight excluding hydrogens is 426 g/mol. The number of carbonyl (C=O) groups is 3. The standard InChI is InChI=1S/C25H25NO7/c1-5-24(21(27)18-12-9-16(2)10-13-18)20(25(24,22(28)32-3)23(29)33-4)14-11-17-7-6-8-19(15-17)26(30)31/h6-15,20H,5H2,1-4H3/b14-11+. The van der Waals surface area contributed by atoms with Crippen LogP contribution in [0.5, 0.6) is 0 Å². The molecule has 0 amide bonds. The van der Waals surface area contributed by atoms with Gasteiger partial charge < -0.3 is 9.47 Å². The molecule has 2 aromatic rings. The number of hydrogen-bond donors (Lipinski definition) is 0. The van der Waals surface area contributed by atoms with Crippen molar-refractivity contribution in [2.75, 3.05) is 14.2 Å². The number of non-ortho nitro benzene ring substituents is 1. The first-order valence-corrected chi connectivity index (χ1v) is 10.4. The van der Waals surface area contributed by atoms with Gasteiger partial charge in [-0.2, -0.15) is 0 Å². The lowest BCUT2D eigenvalue weighted by atomic mass is 9.83. The van der Waals surface area contributed by atoms with Crippen LogP contribution in [0.1, 0.15) is 34.8 Å². The number of nitro groups is 1. The maximum Gasteiger partial charge on any atom is 0.324 e. The van der Waals surface area contributed by atoms with Crippen LogP contribution in [0.4, 0.5) is 5.69 Å². The van der Waals surface area contributed by atoms with Crippen molar-refractivity contribution in [2.24, 2.45) is 16.7 Å². The zero-order valence-electron chi connectivity index (χ0n) is 18.9. The number of carbonyl (C=O) groups excluding carboxylic acids is 3. The number of aryl methyl sites for hydroxylation is 1. The minimum atomic E-state index is -1.86. The summed E-state index contributed by atoms with van der Waals surface area (Å²) in [4.78, 5) is 50.4. The Bertz CT molecular complexity index is 1120. The monoisotopic (exact) mass is 451 g/mol. The van der Waals surface area contributed by atoms with Crippen LogP contribution in [-0.2, 0) is 19.1 Å². The lowest BCUT2D eigenvalue weighted by Crippen LogP contribution is -2.37. The minimum Gasteiger partial charge on any atom is -0.468 e. The van der Waals surface area contributed by atoms with Gasteiger partial charge in [0.25, 0.3) is 5.69 Å². The third-order valence-corrected chi connectivity index (χ3v) is 6.47. The van der Waals surface area contributed by atoms with Gasteiger partial charge in [-0.15, -0.1) is 0 Å². The lowest BCUT2D eigenvalue weighted by Gasteiger charge is -2.20. The highest BCUT2D eigenvalue weighted by atomic mass is 16.6. The zero-order valence-corrected chi connectivity index (χ0v) is 18.9. The van der Waals surface area contributed by atoms with Gasteiger partial charge in [0.1, 0.15) is 0 Å². The van der Waals surface area contributed by atoms with E-state index in [0.29, 0.717) is 11.1 Å². The summed E-state index contributed by atoms with van der Waals surface area (Å²) in [5, 5.41) is 11.1. The molecule has 1 saturated carbocycles. The fourth-order valence-corrected chi connectivity index (χ4v) is 4.79. The third kappa shape index (κ3) is 3.61. The molecule has 1 aliphatic rings. The second-order valence-electron chi connectivity index (χ2n) is 8.00. The van der Waals surface area contributed by atoms with E-state index >= 15 is 0 Å². The minimum absolute atomic E-state index is 0.0994. The molecule has 2 unspecified atom stereocenters. The first-order chi connectivity index (χ1) is 15.7. The number of nitro benzene ring substituents is 1. The van der Waals surface area contributed by atoms with Crippen LogP contribution < -0.4 is 0 Å². The van der Waals surface area contributed by atoms with Gasteiger partial charge in [0, 0.05) is 23.6 Å². The van der Waals surface area contributed by atoms with Gasteiger partial charge >= 0.3 is 11.9 Å². The highest BCUT2D eigenvalue weighted by Gasteiger charge is 2.87. The molecule has 0 aliphatic heterocycles. The fraction of sp³-hybridized carbons (Fsp3) is 0.320. The molecule has 0 heterocycles. The van der Waals surface area contributed by atoms with Crippen molar-refractivity contribution in [2.45, 2.75) is 20.3 Å². The number of esters is 2. The first-order valence-electron chi connectivity index (χ1n) is 10.4. The van der Waals surface area contributed by atoms with Crippen LogP contribution in [0, 0.1) is 33.8 Å². The number of rotatable bonds is 8. The number of allylic oxidation sites excluding steroid dienone is 1. The van der Waals surface area contributed by atoms with Gasteiger partial charge in [0.15, 0.2) is 11.2 Å². The van der Waals surface area contributed by atoms with Gasteiger partial charge in [-0.25, -0.2) is 0 Å². The lowest BCUT2D eigenvalue weighted by molar-refractivity contribution is -0.384. The van der Waals surface area contributed by atoms with Gasteiger partial charge in [-0.05, 0) is 18.9 Å². The van der Waals surface area contributed by atoms with E-state index in [0.717, 1.165) is 19.8 Å². The smallest absolute Gasteiger partial charge is 0.324 e. The van der Waals surface area contributed by atoms with Crippen LogP contribution >= 0.6 is 0 Å². The summed E-state index contributed by atoms with van der Waals surface area (Å²) in [6.45, 7) is 3.62. The van der Waals surface area contributed by atoms with E-state index in [1.165, 1.54) is 18.2 Å². The van der Waals surface area contributed by atoms with Crippen molar-refractivity contribution in [3.63, 3.8) is 0 Å². The number of ketones is 1. The van der Waals surface area contributed by atoms with E-state index in [-0.39, 0.29) is 17.9 Å². The van der Waals surface area contributed by atoms with Crippen LogP contribution in [-0.4, -0.2) is 36.9 Å². The third-order valence-electron chi connectivity index (χ3n) is 6.47.